The molecule has 1 aromatic heterocycles. The van der Waals surface area contributed by atoms with Crippen LogP contribution < -0.4 is 0 Å². The highest BCUT2D eigenvalue weighted by molar-refractivity contribution is 5.63. The quantitative estimate of drug-likeness (QED) is 0.673. The van der Waals surface area contributed by atoms with Crippen molar-refractivity contribution >= 4 is 0 Å². The van der Waals surface area contributed by atoms with E-state index in [0.29, 0.717) is 5.56 Å². The summed E-state index contributed by atoms with van der Waals surface area (Å²) in [5, 5.41) is 0. The van der Waals surface area contributed by atoms with Crippen LogP contribution >= 0.6 is 0 Å². The highest BCUT2D eigenvalue weighted by Crippen LogP contribution is 2.23. The number of hydrogen-bond acceptors (Lipinski definition) is 1. The standard InChI is InChI=1S/C11H6F2N/c12-9-6-14-7-10(13)11(9)8-4-2-1-3-5-8/h1-6H. The molecule has 69 valence electrons. The van der Waals surface area contributed by atoms with E-state index in [1.54, 1.807) is 30.3 Å². The van der Waals surface area contributed by atoms with Gasteiger partial charge in [0.1, 0.15) is 6.20 Å². The van der Waals surface area contributed by atoms with E-state index >= 15 is 0 Å². The normalized spacial score (nSPS) is 10.1. The molecule has 0 aliphatic carbocycles. The number of halogens is 2. The van der Waals surface area contributed by atoms with Crippen LogP contribution in [0, 0.1) is 17.8 Å². The number of nitrogens with zero attached hydrogens (tertiary/aromatic N) is 1. The van der Waals surface area contributed by atoms with Gasteiger partial charge in [-0.05, 0) is 5.56 Å². The number of pyridine rings is 1. The summed E-state index contributed by atoms with van der Waals surface area (Å²) in [6.45, 7) is 0. The lowest BCUT2D eigenvalue weighted by molar-refractivity contribution is 0.577. The van der Waals surface area contributed by atoms with Gasteiger partial charge < -0.3 is 0 Å². The third kappa shape index (κ3) is 1.48. The number of rotatable bonds is 1. The fourth-order valence-corrected chi connectivity index (χ4v) is 1.24. The zero-order chi connectivity index (χ0) is 9.97. The minimum Gasteiger partial charge on any atom is -0.248 e. The summed E-state index contributed by atoms with van der Waals surface area (Å²) in [5.41, 5.74) is 0.404. The van der Waals surface area contributed by atoms with Gasteiger partial charge in [0.05, 0.1) is 11.8 Å². The molecular weight excluding hydrogens is 184 g/mol. The minimum absolute atomic E-state index is 0.0828. The number of benzene rings is 1. The first-order valence-electron chi connectivity index (χ1n) is 4.06. The third-order valence-corrected chi connectivity index (χ3v) is 1.86. The van der Waals surface area contributed by atoms with Crippen LogP contribution in [0.4, 0.5) is 8.78 Å². The van der Waals surface area contributed by atoms with Crippen LogP contribution in [0.5, 0.6) is 0 Å². The van der Waals surface area contributed by atoms with E-state index in [1.165, 1.54) is 0 Å². The maximum atomic E-state index is 13.2. The molecule has 0 spiro atoms. The molecule has 0 amide bonds. The number of aromatic nitrogens is 1. The monoisotopic (exact) mass is 190 g/mol. The van der Waals surface area contributed by atoms with Crippen molar-refractivity contribution in [2.75, 3.05) is 0 Å². The van der Waals surface area contributed by atoms with E-state index in [-0.39, 0.29) is 5.56 Å². The zero-order valence-electron chi connectivity index (χ0n) is 7.17. The molecule has 0 aliphatic heterocycles. The van der Waals surface area contributed by atoms with Crippen molar-refractivity contribution in [2.24, 2.45) is 0 Å². The number of hydrogen-bond donors (Lipinski definition) is 0. The Hall–Kier alpha value is -1.77. The molecular formula is C11H6F2N. The first kappa shape index (κ1) is 8.81. The van der Waals surface area contributed by atoms with Crippen molar-refractivity contribution in [1.82, 2.24) is 4.98 Å². The summed E-state index contributed by atoms with van der Waals surface area (Å²) in [6.07, 6.45) is 3.03. The van der Waals surface area contributed by atoms with Gasteiger partial charge >= 0.3 is 0 Å². The van der Waals surface area contributed by atoms with Crippen LogP contribution in [-0.4, -0.2) is 4.98 Å². The summed E-state index contributed by atoms with van der Waals surface area (Å²) in [5.74, 6) is -1.44. The summed E-state index contributed by atoms with van der Waals surface area (Å²) in [6, 6.07) is 8.48. The lowest BCUT2D eigenvalue weighted by Gasteiger charge is -2.02. The highest BCUT2D eigenvalue weighted by Gasteiger charge is 2.10. The van der Waals surface area contributed by atoms with Gasteiger partial charge in [-0.2, -0.15) is 0 Å². The molecule has 3 heteroatoms. The van der Waals surface area contributed by atoms with Crippen LogP contribution in [0.1, 0.15) is 0 Å². The molecule has 0 saturated carbocycles. The van der Waals surface area contributed by atoms with Gasteiger partial charge in [0, 0.05) is 0 Å². The van der Waals surface area contributed by atoms with Gasteiger partial charge in [-0.1, -0.05) is 30.3 Å². The SMILES string of the molecule is Fc1[c]ncc(F)c1-c1ccccc1. The molecule has 2 rings (SSSR count). The summed E-state index contributed by atoms with van der Waals surface area (Å²) in [4.78, 5) is 3.29. The summed E-state index contributed by atoms with van der Waals surface area (Å²) < 4.78 is 26.4. The Bertz CT molecular complexity index is 420. The molecule has 0 aliphatic rings. The molecule has 1 heterocycles. The molecule has 1 aromatic carbocycles. The lowest BCUT2D eigenvalue weighted by atomic mass is 10.1. The van der Waals surface area contributed by atoms with Gasteiger partial charge in [0.15, 0.2) is 11.6 Å². The van der Waals surface area contributed by atoms with E-state index in [2.05, 4.69) is 11.2 Å². The second-order valence-electron chi connectivity index (χ2n) is 2.77. The largest absolute Gasteiger partial charge is 0.248 e. The molecule has 2 aromatic rings. The molecule has 0 N–H and O–H groups in total. The first-order chi connectivity index (χ1) is 6.79. The smallest absolute Gasteiger partial charge is 0.161 e. The van der Waals surface area contributed by atoms with Crippen LogP contribution in [-0.2, 0) is 0 Å². The van der Waals surface area contributed by atoms with Crippen molar-refractivity contribution in [3.63, 3.8) is 0 Å². The molecule has 0 unspecified atom stereocenters. The van der Waals surface area contributed by atoms with E-state index in [9.17, 15) is 8.78 Å². The van der Waals surface area contributed by atoms with Gasteiger partial charge in [-0.15, -0.1) is 0 Å². The van der Waals surface area contributed by atoms with Crippen molar-refractivity contribution in [3.05, 3.63) is 54.4 Å². The molecule has 1 radical (unpaired) electrons. The lowest BCUT2D eigenvalue weighted by Crippen LogP contribution is -1.91. The summed E-state index contributed by atoms with van der Waals surface area (Å²) in [7, 11) is 0. The fraction of sp³-hybridized carbons (Fsp3) is 0. The zero-order valence-corrected chi connectivity index (χ0v) is 7.17. The second-order valence-corrected chi connectivity index (χ2v) is 2.77. The maximum Gasteiger partial charge on any atom is 0.161 e. The molecule has 0 fully saturated rings. The van der Waals surface area contributed by atoms with Crippen LogP contribution in [0.2, 0.25) is 0 Å². The molecule has 0 atom stereocenters. The molecule has 0 bridgehead atoms. The Morgan fingerprint density at radius 2 is 1.79 bits per heavy atom. The van der Waals surface area contributed by atoms with Crippen molar-refractivity contribution in [1.29, 1.82) is 0 Å². The predicted molar refractivity (Wildman–Crippen MR) is 48.4 cm³/mol. The molecule has 1 nitrogen and oxygen atoms in total. The Balaban J connectivity index is 2.63. The van der Waals surface area contributed by atoms with E-state index < -0.39 is 11.6 Å². The molecule has 0 saturated heterocycles. The van der Waals surface area contributed by atoms with Crippen molar-refractivity contribution < 1.29 is 8.78 Å². The summed E-state index contributed by atoms with van der Waals surface area (Å²) >= 11 is 0. The third-order valence-electron chi connectivity index (χ3n) is 1.86. The van der Waals surface area contributed by atoms with Gasteiger partial charge in [0.2, 0.25) is 0 Å². The Morgan fingerprint density at radius 1 is 1.07 bits per heavy atom. The fourth-order valence-electron chi connectivity index (χ4n) is 1.24. The van der Waals surface area contributed by atoms with Gasteiger partial charge in [-0.25, -0.2) is 13.8 Å². The Morgan fingerprint density at radius 3 is 2.43 bits per heavy atom. The van der Waals surface area contributed by atoms with Crippen LogP contribution in [0.25, 0.3) is 11.1 Å². The van der Waals surface area contributed by atoms with Crippen LogP contribution in [0.15, 0.2) is 36.5 Å². The van der Waals surface area contributed by atoms with E-state index in [4.69, 9.17) is 0 Å². The van der Waals surface area contributed by atoms with Crippen molar-refractivity contribution in [2.45, 2.75) is 0 Å². The molecule has 14 heavy (non-hydrogen) atoms. The highest BCUT2D eigenvalue weighted by atomic mass is 19.1. The maximum absolute atomic E-state index is 13.2. The topological polar surface area (TPSA) is 12.9 Å². The predicted octanol–water partition coefficient (Wildman–Crippen LogP) is 2.83. The van der Waals surface area contributed by atoms with Gasteiger partial charge in [0.25, 0.3) is 0 Å². The van der Waals surface area contributed by atoms with Crippen LogP contribution in [0.3, 0.4) is 0 Å². The van der Waals surface area contributed by atoms with Gasteiger partial charge in [-0.3, -0.25) is 0 Å². The van der Waals surface area contributed by atoms with E-state index in [0.717, 1.165) is 6.20 Å². The average Bonchev–Trinajstić information content (AvgIpc) is 2.19. The minimum atomic E-state index is -0.767. The Labute approximate surface area is 80.0 Å². The van der Waals surface area contributed by atoms with Crippen molar-refractivity contribution in [3.8, 4) is 11.1 Å². The average molecular weight is 190 g/mol. The first-order valence-corrected chi connectivity index (χ1v) is 4.06. The van der Waals surface area contributed by atoms with E-state index in [1.807, 2.05) is 0 Å². The Kier molecular flexibility index (Phi) is 2.23. The second kappa shape index (κ2) is 3.54.